The summed E-state index contributed by atoms with van der Waals surface area (Å²) in [6.45, 7) is -0.533. The second-order valence-electron chi connectivity index (χ2n) is 6.79. The Bertz CT molecular complexity index is 944. The van der Waals surface area contributed by atoms with E-state index in [2.05, 4.69) is 10.3 Å². The molecule has 1 saturated heterocycles. The standard InChI is InChI=1S/C19H21F3N4O4S/c20-10-3-8(4-11(21)15(10)22)12(23)6-26-16-17(28)13(7-27)30-19(18(16)29)31-9-1-2-25-14(24)5-9/h1-6,13,16-19,26-29H,7,23H2,(H2,24,25)/b12-6-. The highest BCUT2D eigenvalue weighted by molar-refractivity contribution is 7.99. The van der Waals surface area contributed by atoms with Gasteiger partial charge < -0.3 is 36.8 Å². The molecule has 0 saturated carbocycles. The highest BCUT2D eigenvalue weighted by atomic mass is 32.2. The largest absolute Gasteiger partial charge is 0.397 e. The van der Waals surface area contributed by atoms with Crippen molar-refractivity contribution < 1.29 is 33.2 Å². The van der Waals surface area contributed by atoms with Crippen molar-refractivity contribution in [2.75, 3.05) is 12.3 Å². The molecule has 5 unspecified atom stereocenters. The van der Waals surface area contributed by atoms with Gasteiger partial charge in [-0.2, -0.15) is 0 Å². The Morgan fingerprint density at radius 2 is 1.87 bits per heavy atom. The number of nitrogens with zero attached hydrogens (tertiary/aromatic N) is 1. The first-order chi connectivity index (χ1) is 14.7. The predicted octanol–water partition coefficient (Wildman–Crippen LogP) is 0.528. The Balaban J connectivity index is 1.80. The Labute approximate surface area is 179 Å². The van der Waals surface area contributed by atoms with Crippen LogP contribution in [0.1, 0.15) is 5.56 Å². The van der Waals surface area contributed by atoms with Crippen molar-refractivity contribution in [3.63, 3.8) is 0 Å². The average molecular weight is 458 g/mol. The summed E-state index contributed by atoms with van der Waals surface area (Å²) in [5, 5.41) is 33.4. The zero-order valence-corrected chi connectivity index (χ0v) is 16.8. The van der Waals surface area contributed by atoms with Crippen LogP contribution in [-0.2, 0) is 4.74 Å². The number of ether oxygens (including phenoxy) is 1. The maximum atomic E-state index is 13.4. The maximum absolute atomic E-state index is 13.4. The van der Waals surface area contributed by atoms with Gasteiger partial charge in [-0.3, -0.25) is 0 Å². The molecule has 12 heteroatoms. The van der Waals surface area contributed by atoms with Crippen molar-refractivity contribution in [3.8, 4) is 0 Å². The summed E-state index contributed by atoms with van der Waals surface area (Å²) in [5.41, 5.74) is 10.2. The third-order valence-corrected chi connectivity index (χ3v) is 5.79. The molecule has 2 heterocycles. The van der Waals surface area contributed by atoms with Gasteiger partial charge in [-0.1, -0.05) is 11.8 Å². The Morgan fingerprint density at radius 3 is 2.48 bits per heavy atom. The Kier molecular flexibility index (Phi) is 7.28. The number of aromatic nitrogens is 1. The fourth-order valence-electron chi connectivity index (χ4n) is 3.01. The summed E-state index contributed by atoms with van der Waals surface area (Å²) < 4.78 is 45.6. The summed E-state index contributed by atoms with van der Waals surface area (Å²) in [6, 6.07) is 3.58. The van der Waals surface area contributed by atoms with E-state index in [1.807, 2.05) is 0 Å². The summed E-state index contributed by atoms with van der Waals surface area (Å²) in [6.07, 6.45) is -1.07. The highest BCUT2D eigenvalue weighted by Crippen LogP contribution is 2.33. The highest BCUT2D eigenvalue weighted by Gasteiger charge is 2.44. The SMILES string of the molecule is N/C(=C\NC1C(O)C(CO)OC(Sc2ccnc(N)c2)C1O)c1cc(F)c(F)c(F)c1. The number of thioether (sulfide) groups is 1. The number of aliphatic hydroxyl groups is 3. The van der Waals surface area contributed by atoms with E-state index in [-0.39, 0.29) is 17.1 Å². The van der Waals surface area contributed by atoms with Crippen molar-refractivity contribution in [1.82, 2.24) is 10.3 Å². The van der Waals surface area contributed by atoms with Crippen LogP contribution in [-0.4, -0.2) is 56.7 Å². The van der Waals surface area contributed by atoms with Crippen LogP contribution in [0.5, 0.6) is 0 Å². The minimum atomic E-state index is -1.62. The first-order valence-electron chi connectivity index (χ1n) is 9.08. The molecule has 1 aromatic heterocycles. The van der Waals surface area contributed by atoms with Crippen LogP contribution in [0.3, 0.4) is 0 Å². The number of benzene rings is 1. The molecule has 3 rings (SSSR count). The van der Waals surface area contributed by atoms with Crippen LogP contribution in [0.25, 0.3) is 5.70 Å². The second-order valence-corrected chi connectivity index (χ2v) is 7.96. The molecule has 168 valence electrons. The molecule has 0 spiro atoms. The van der Waals surface area contributed by atoms with E-state index >= 15 is 0 Å². The average Bonchev–Trinajstić information content (AvgIpc) is 2.73. The molecule has 0 radical (unpaired) electrons. The van der Waals surface area contributed by atoms with Gasteiger partial charge in [0.1, 0.15) is 29.6 Å². The molecule has 1 aliphatic heterocycles. The monoisotopic (exact) mass is 458 g/mol. The molecule has 2 aromatic rings. The quantitative estimate of drug-likeness (QED) is 0.341. The Morgan fingerprint density at radius 1 is 1.19 bits per heavy atom. The molecule has 8 N–H and O–H groups in total. The summed E-state index contributed by atoms with van der Waals surface area (Å²) in [4.78, 5) is 4.51. The molecular weight excluding hydrogens is 437 g/mol. The van der Waals surface area contributed by atoms with Gasteiger partial charge in [-0.05, 0) is 24.3 Å². The number of hydrogen-bond donors (Lipinski definition) is 6. The van der Waals surface area contributed by atoms with Gasteiger partial charge in [0.05, 0.1) is 18.3 Å². The van der Waals surface area contributed by atoms with Gasteiger partial charge in [0, 0.05) is 22.9 Å². The fraction of sp³-hybridized carbons (Fsp3) is 0.316. The minimum Gasteiger partial charge on any atom is -0.397 e. The minimum absolute atomic E-state index is 0.142. The third-order valence-electron chi connectivity index (χ3n) is 4.64. The zero-order chi connectivity index (χ0) is 22.7. The predicted molar refractivity (Wildman–Crippen MR) is 108 cm³/mol. The van der Waals surface area contributed by atoms with E-state index in [4.69, 9.17) is 16.2 Å². The second kappa shape index (κ2) is 9.75. The van der Waals surface area contributed by atoms with Gasteiger partial charge in [-0.15, -0.1) is 0 Å². The van der Waals surface area contributed by atoms with E-state index < -0.39 is 53.8 Å². The van der Waals surface area contributed by atoms with E-state index in [1.165, 1.54) is 6.20 Å². The van der Waals surface area contributed by atoms with Crippen LogP contribution in [0.2, 0.25) is 0 Å². The lowest BCUT2D eigenvalue weighted by Gasteiger charge is -2.42. The molecule has 0 amide bonds. The number of rotatable bonds is 6. The number of nitrogens with two attached hydrogens (primary N) is 2. The van der Waals surface area contributed by atoms with E-state index in [9.17, 15) is 28.5 Å². The van der Waals surface area contributed by atoms with Gasteiger partial charge in [0.25, 0.3) is 0 Å². The molecular formula is C19H21F3N4O4S. The van der Waals surface area contributed by atoms with Crippen LogP contribution >= 0.6 is 11.8 Å². The molecule has 1 aliphatic rings. The first kappa shape index (κ1) is 23.2. The normalized spacial score (nSPS) is 26.6. The zero-order valence-electron chi connectivity index (χ0n) is 16.0. The summed E-state index contributed by atoms with van der Waals surface area (Å²) in [5.74, 6) is -4.18. The van der Waals surface area contributed by atoms with E-state index in [1.54, 1.807) is 12.1 Å². The van der Waals surface area contributed by atoms with Gasteiger partial charge >= 0.3 is 0 Å². The molecule has 8 nitrogen and oxygen atoms in total. The van der Waals surface area contributed by atoms with Crippen molar-refractivity contribution in [3.05, 3.63) is 59.7 Å². The lowest BCUT2D eigenvalue weighted by Crippen LogP contribution is -2.62. The summed E-state index contributed by atoms with van der Waals surface area (Å²) >= 11 is 1.10. The van der Waals surface area contributed by atoms with Crippen molar-refractivity contribution in [2.45, 2.75) is 34.7 Å². The van der Waals surface area contributed by atoms with E-state index in [0.29, 0.717) is 17.0 Å². The number of nitrogen functional groups attached to an aromatic ring is 1. The third kappa shape index (κ3) is 5.22. The van der Waals surface area contributed by atoms with Crippen molar-refractivity contribution >= 4 is 23.3 Å². The number of nitrogens with one attached hydrogen (secondary N) is 1. The van der Waals surface area contributed by atoms with Crippen molar-refractivity contribution in [2.24, 2.45) is 5.73 Å². The number of aliphatic hydroxyl groups excluding tert-OH is 3. The number of pyridine rings is 1. The van der Waals surface area contributed by atoms with Gasteiger partial charge in [-0.25, -0.2) is 18.2 Å². The van der Waals surface area contributed by atoms with Crippen LogP contribution in [0.15, 0.2) is 41.6 Å². The number of halogens is 3. The molecule has 1 aromatic carbocycles. The number of hydrogen-bond acceptors (Lipinski definition) is 9. The van der Waals surface area contributed by atoms with Crippen molar-refractivity contribution in [1.29, 1.82) is 0 Å². The molecule has 0 aliphatic carbocycles. The van der Waals surface area contributed by atoms with Crippen LogP contribution < -0.4 is 16.8 Å². The number of anilines is 1. The van der Waals surface area contributed by atoms with Gasteiger partial charge in [0.15, 0.2) is 17.5 Å². The van der Waals surface area contributed by atoms with Crippen LogP contribution in [0, 0.1) is 17.5 Å². The molecule has 31 heavy (non-hydrogen) atoms. The topological polar surface area (TPSA) is 147 Å². The molecule has 0 bridgehead atoms. The van der Waals surface area contributed by atoms with Crippen LogP contribution in [0.4, 0.5) is 19.0 Å². The Hall–Kier alpha value is -2.51. The molecule has 1 fully saturated rings. The smallest absolute Gasteiger partial charge is 0.194 e. The van der Waals surface area contributed by atoms with Gasteiger partial charge in [0.2, 0.25) is 0 Å². The summed E-state index contributed by atoms with van der Waals surface area (Å²) in [7, 11) is 0. The lowest BCUT2D eigenvalue weighted by atomic mass is 9.97. The fourth-order valence-corrected chi connectivity index (χ4v) is 4.11. The first-order valence-corrected chi connectivity index (χ1v) is 9.96. The van der Waals surface area contributed by atoms with E-state index in [0.717, 1.165) is 18.0 Å². The lowest BCUT2D eigenvalue weighted by molar-refractivity contribution is -0.164. The molecule has 5 atom stereocenters. The maximum Gasteiger partial charge on any atom is 0.194 e.